The van der Waals surface area contributed by atoms with E-state index in [1.807, 2.05) is 0 Å². The molecule has 0 unspecified atom stereocenters. The van der Waals surface area contributed by atoms with E-state index < -0.39 is 22.4 Å². The predicted octanol–water partition coefficient (Wildman–Crippen LogP) is 3.21. The van der Waals surface area contributed by atoms with Crippen LogP contribution in [0.15, 0.2) is 35.2 Å². The minimum absolute atomic E-state index is 0.0283. The highest BCUT2D eigenvalue weighted by Crippen LogP contribution is 2.35. The van der Waals surface area contributed by atoms with Crippen molar-refractivity contribution in [1.29, 1.82) is 0 Å². The maximum absolute atomic E-state index is 12.5. The highest BCUT2D eigenvalue weighted by atomic mass is 19.4. The van der Waals surface area contributed by atoms with Gasteiger partial charge in [-0.2, -0.15) is 13.2 Å². The molecular weight excluding hydrogens is 279 g/mol. The Balaban J connectivity index is 2.26. The van der Waals surface area contributed by atoms with E-state index in [0.29, 0.717) is 11.8 Å². The normalized spacial score (nSPS) is 11.3. The molecular formula is C11H8F3N3O3. The number of halogens is 3. The van der Waals surface area contributed by atoms with Crippen molar-refractivity contribution in [3.05, 3.63) is 52.2 Å². The van der Waals surface area contributed by atoms with Crippen LogP contribution in [0.4, 0.5) is 24.5 Å². The molecule has 1 aromatic carbocycles. The number of benzene rings is 1. The van der Waals surface area contributed by atoms with Gasteiger partial charge < -0.3 is 9.73 Å². The molecule has 0 spiro atoms. The highest BCUT2D eigenvalue weighted by Gasteiger charge is 2.33. The molecule has 0 fully saturated rings. The van der Waals surface area contributed by atoms with Crippen molar-refractivity contribution >= 4 is 11.4 Å². The Morgan fingerprint density at radius 2 is 2.15 bits per heavy atom. The smallest absolute Gasteiger partial charge is 0.416 e. The van der Waals surface area contributed by atoms with Crippen LogP contribution in [0.1, 0.15) is 11.3 Å². The van der Waals surface area contributed by atoms with Crippen LogP contribution in [0.2, 0.25) is 0 Å². The second-order valence-electron chi connectivity index (χ2n) is 3.81. The number of rotatable bonds is 4. The van der Waals surface area contributed by atoms with Crippen LogP contribution >= 0.6 is 0 Å². The van der Waals surface area contributed by atoms with E-state index in [1.165, 1.54) is 12.6 Å². The van der Waals surface area contributed by atoms with Gasteiger partial charge in [0.15, 0.2) is 6.39 Å². The molecule has 0 radical (unpaired) electrons. The lowest BCUT2D eigenvalue weighted by Gasteiger charge is -2.09. The van der Waals surface area contributed by atoms with Crippen molar-refractivity contribution in [1.82, 2.24) is 4.98 Å². The molecule has 0 aliphatic rings. The van der Waals surface area contributed by atoms with Gasteiger partial charge in [-0.05, 0) is 12.1 Å². The molecule has 0 aliphatic heterocycles. The number of alkyl halides is 3. The molecule has 106 valence electrons. The zero-order valence-corrected chi connectivity index (χ0v) is 9.85. The summed E-state index contributed by atoms with van der Waals surface area (Å²) in [4.78, 5) is 13.6. The van der Waals surface area contributed by atoms with E-state index in [-0.39, 0.29) is 12.2 Å². The Hall–Kier alpha value is -2.58. The van der Waals surface area contributed by atoms with E-state index in [9.17, 15) is 23.3 Å². The summed E-state index contributed by atoms with van der Waals surface area (Å²) in [5.41, 5.74) is -1.76. The Kier molecular flexibility index (Phi) is 3.59. The average Bonchev–Trinajstić information content (AvgIpc) is 2.88. The summed E-state index contributed by atoms with van der Waals surface area (Å²) >= 11 is 0. The molecule has 0 saturated carbocycles. The molecule has 0 atom stereocenters. The van der Waals surface area contributed by atoms with Gasteiger partial charge >= 0.3 is 6.18 Å². The molecule has 2 aromatic rings. The first kappa shape index (κ1) is 13.8. The molecule has 1 heterocycles. The molecule has 0 saturated heterocycles. The number of oxazole rings is 1. The third-order valence-corrected chi connectivity index (χ3v) is 2.46. The Morgan fingerprint density at radius 3 is 2.70 bits per heavy atom. The molecule has 1 N–H and O–H groups in total. The largest absolute Gasteiger partial charge is 0.447 e. The van der Waals surface area contributed by atoms with Crippen molar-refractivity contribution in [3.8, 4) is 0 Å². The van der Waals surface area contributed by atoms with Crippen molar-refractivity contribution in [2.45, 2.75) is 12.7 Å². The summed E-state index contributed by atoms with van der Waals surface area (Å²) in [7, 11) is 0. The van der Waals surface area contributed by atoms with Gasteiger partial charge in [0.1, 0.15) is 11.4 Å². The highest BCUT2D eigenvalue weighted by molar-refractivity contribution is 5.62. The fourth-order valence-corrected chi connectivity index (χ4v) is 1.52. The van der Waals surface area contributed by atoms with Crippen molar-refractivity contribution < 1.29 is 22.5 Å². The lowest BCUT2D eigenvalue weighted by atomic mass is 10.1. The molecule has 2 rings (SSSR count). The van der Waals surface area contributed by atoms with Crippen LogP contribution < -0.4 is 5.32 Å². The summed E-state index contributed by atoms with van der Waals surface area (Å²) in [5.74, 6) is 0.402. The number of hydrogen-bond acceptors (Lipinski definition) is 5. The van der Waals surface area contributed by atoms with Gasteiger partial charge in [0.2, 0.25) is 0 Å². The molecule has 1 aromatic heterocycles. The minimum Gasteiger partial charge on any atom is -0.447 e. The Morgan fingerprint density at radius 1 is 1.40 bits per heavy atom. The third-order valence-electron chi connectivity index (χ3n) is 2.46. The molecule has 0 aliphatic carbocycles. The quantitative estimate of drug-likeness (QED) is 0.689. The Labute approximate surface area is 110 Å². The van der Waals surface area contributed by atoms with Gasteiger partial charge in [0.25, 0.3) is 5.69 Å². The zero-order valence-electron chi connectivity index (χ0n) is 9.85. The van der Waals surface area contributed by atoms with Crippen LogP contribution in [-0.4, -0.2) is 9.91 Å². The topological polar surface area (TPSA) is 81.2 Å². The first-order chi connectivity index (χ1) is 9.38. The lowest BCUT2D eigenvalue weighted by molar-refractivity contribution is -0.384. The molecule has 9 heteroatoms. The number of nitro benzene ring substituents is 1. The summed E-state index contributed by atoms with van der Waals surface area (Å²) < 4.78 is 42.4. The van der Waals surface area contributed by atoms with Crippen LogP contribution in [0.25, 0.3) is 0 Å². The minimum atomic E-state index is -4.63. The van der Waals surface area contributed by atoms with Gasteiger partial charge in [0, 0.05) is 6.07 Å². The summed E-state index contributed by atoms with van der Waals surface area (Å²) in [5, 5.41) is 13.5. The first-order valence-corrected chi connectivity index (χ1v) is 5.35. The fourth-order valence-electron chi connectivity index (χ4n) is 1.52. The summed E-state index contributed by atoms with van der Waals surface area (Å²) in [6, 6.07) is 2.27. The van der Waals surface area contributed by atoms with E-state index in [4.69, 9.17) is 4.42 Å². The Bertz CT molecular complexity index is 611. The fraction of sp³-hybridized carbons (Fsp3) is 0.182. The van der Waals surface area contributed by atoms with Crippen molar-refractivity contribution in [3.63, 3.8) is 0 Å². The number of nitro groups is 1. The summed E-state index contributed by atoms with van der Waals surface area (Å²) in [6.07, 6.45) is -2.06. The van der Waals surface area contributed by atoms with Crippen LogP contribution in [0.5, 0.6) is 0 Å². The monoisotopic (exact) mass is 287 g/mol. The number of hydrogen-bond donors (Lipinski definition) is 1. The maximum atomic E-state index is 12.5. The van der Waals surface area contributed by atoms with E-state index in [2.05, 4.69) is 10.3 Å². The SMILES string of the molecule is O=[N+]([O-])c1cc(C(F)(F)F)ccc1NCc1cnco1. The van der Waals surface area contributed by atoms with E-state index in [0.717, 1.165) is 12.1 Å². The number of aromatic nitrogens is 1. The maximum Gasteiger partial charge on any atom is 0.416 e. The molecule has 0 amide bonds. The third kappa shape index (κ3) is 3.05. The molecule has 20 heavy (non-hydrogen) atoms. The lowest BCUT2D eigenvalue weighted by Crippen LogP contribution is -2.08. The van der Waals surface area contributed by atoms with E-state index in [1.54, 1.807) is 0 Å². The van der Waals surface area contributed by atoms with Gasteiger partial charge in [-0.15, -0.1) is 0 Å². The molecule has 0 bridgehead atoms. The van der Waals surface area contributed by atoms with Crippen molar-refractivity contribution in [2.24, 2.45) is 0 Å². The van der Waals surface area contributed by atoms with Crippen LogP contribution in [0, 0.1) is 10.1 Å². The first-order valence-electron chi connectivity index (χ1n) is 5.35. The molecule has 6 nitrogen and oxygen atoms in total. The van der Waals surface area contributed by atoms with Gasteiger partial charge in [-0.25, -0.2) is 4.98 Å². The second kappa shape index (κ2) is 5.19. The summed E-state index contributed by atoms with van der Waals surface area (Å²) in [6.45, 7) is 0.0756. The number of anilines is 1. The second-order valence-corrected chi connectivity index (χ2v) is 3.81. The van der Waals surface area contributed by atoms with Crippen molar-refractivity contribution in [2.75, 3.05) is 5.32 Å². The standard InChI is InChI=1S/C11H8F3N3O3/c12-11(13,14)7-1-2-9(10(3-7)17(18)19)16-5-8-4-15-6-20-8/h1-4,6,16H,5H2. The van der Waals surface area contributed by atoms with Crippen LogP contribution in [0.3, 0.4) is 0 Å². The van der Waals surface area contributed by atoms with Crippen LogP contribution in [-0.2, 0) is 12.7 Å². The van der Waals surface area contributed by atoms with Gasteiger partial charge in [0.05, 0.1) is 23.2 Å². The van der Waals surface area contributed by atoms with Gasteiger partial charge in [-0.1, -0.05) is 0 Å². The number of nitrogens with one attached hydrogen (secondary N) is 1. The van der Waals surface area contributed by atoms with E-state index >= 15 is 0 Å². The zero-order chi connectivity index (χ0) is 14.8. The predicted molar refractivity (Wildman–Crippen MR) is 61.9 cm³/mol. The number of nitrogens with zero attached hydrogens (tertiary/aromatic N) is 2. The average molecular weight is 287 g/mol. The van der Waals surface area contributed by atoms with Gasteiger partial charge in [-0.3, -0.25) is 10.1 Å².